The summed E-state index contributed by atoms with van der Waals surface area (Å²) in [6, 6.07) is 9.26. The maximum absolute atomic E-state index is 11.9. The Morgan fingerprint density at radius 2 is 1.84 bits per heavy atom. The molecule has 0 aliphatic heterocycles. The standard InChI is InChI=1S/C17H18N6OS/c1-12-10-14(25-11-12)17(24)20-9-8-19-15-2-3-16(23-22-15)21-13-4-6-18-7-5-13/h2-7,10-11H,8-9H2,1H3,(H,19,22)(H,20,24)(H,18,21,23). The Morgan fingerprint density at radius 3 is 2.52 bits per heavy atom. The number of thiophene rings is 1. The summed E-state index contributed by atoms with van der Waals surface area (Å²) in [4.78, 5) is 16.6. The van der Waals surface area contributed by atoms with Gasteiger partial charge >= 0.3 is 0 Å². The second-order valence-electron chi connectivity index (χ2n) is 5.34. The van der Waals surface area contributed by atoms with Crippen molar-refractivity contribution >= 4 is 34.6 Å². The van der Waals surface area contributed by atoms with E-state index in [9.17, 15) is 4.79 Å². The summed E-state index contributed by atoms with van der Waals surface area (Å²) in [5, 5.41) is 19.3. The van der Waals surface area contributed by atoms with Gasteiger partial charge in [-0.1, -0.05) is 0 Å². The number of anilines is 3. The number of nitrogens with one attached hydrogen (secondary N) is 3. The molecule has 3 N–H and O–H groups in total. The van der Waals surface area contributed by atoms with Gasteiger partial charge in [0.25, 0.3) is 5.91 Å². The molecule has 0 aromatic carbocycles. The van der Waals surface area contributed by atoms with Crippen LogP contribution in [0.4, 0.5) is 17.3 Å². The molecule has 1 amide bonds. The van der Waals surface area contributed by atoms with Crippen LogP contribution in [-0.2, 0) is 0 Å². The van der Waals surface area contributed by atoms with Crippen LogP contribution < -0.4 is 16.0 Å². The first-order valence-corrected chi connectivity index (χ1v) is 8.67. The Labute approximate surface area is 149 Å². The fraction of sp³-hybridized carbons (Fsp3) is 0.176. The van der Waals surface area contributed by atoms with Crippen molar-refractivity contribution in [2.75, 3.05) is 23.7 Å². The van der Waals surface area contributed by atoms with E-state index in [4.69, 9.17) is 0 Å². The number of carbonyl (C=O) groups excluding carboxylic acids is 1. The van der Waals surface area contributed by atoms with Gasteiger partial charge in [-0.05, 0) is 48.2 Å². The van der Waals surface area contributed by atoms with Crippen molar-refractivity contribution in [2.45, 2.75) is 6.92 Å². The van der Waals surface area contributed by atoms with Crippen molar-refractivity contribution in [2.24, 2.45) is 0 Å². The van der Waals surface area contributed by atoms with Crippen molar-refractivity contribution in [3.63, 3.8) is 0 Å². The van der Waals surface area contributed by atoms with Crippen LogP contribution in [0.5, 0.6) is 0 Å². The predicted octanol–water partition coefficient (Wildman–Crippen LogP) is 2.83. The normalized spacial score (nSPS) is 10.3. The van der Waals surface area contributed by atoms with Crippen LogP contribution in [0.25, 0.3) is 0 Å². The van der Waals surface area contributed by atoms with Gasteiger partial charge in [0, 0.05) is 31.2 Å². The Morgan fingerprint density at radius 1 is 1.08 bits per heavy atom. The van der Waals surface area contributed by atoms with Crippen molar-refractivity contribution in [3.05, 3.63) is 58.5 Å². The van der Waals surface area contributed by atoms with Crippen LogP contribution in [0.15, 0.2) is 48.1 Å². The molecule has 128 valence electrons. The summed E-state index contributed by atoms with van der Waals surface area (Å²) in [5.74, 6) is 1.25. The van der Waals surface area contributed by atoms with Crippen molar-refractivity contribution < 1.29 is 4.79 Å². The second kappa shape index (κ2) is 8.20. The average Bonchev–Trinajstić information content (AvgIpc) is 3.07. The highest BCUT2D eigenvalue weighted by atomic mass is 32.1. The van der Waals surface area contributed by atoms with Crippen molar-refractivity contribution in [1.29, 1.82) is 0 Å². The minimum absolute atomic E-state index is 0.0529. The predicted molar refractivity (Wildman–Crippen MR) is 99.4 cm³/mol. The molecule has 0 spiro atoms. The fourth-order valence-corrected chi connectivity index (χ4v) is 2.89. The van der Waals surface area contributed by atoms with Crippen molar-refractivity contribution in [3.8, 4) is 0 Å². The second-order valence-corrected chi connectivity index (χ2v) is 6.25. The van der Waals surface area contributed by atoms with Gasteiger partial charge in [-0.3, -0.25) is 9.78 Å². The molecule has 0 fully saturated rings. The van der Waals surface area contributed by atoms with Crippen LogP contribution in [0, 0.1) is 6.92 Å². The van der Waals surface area contributed by atoms with Gasteiger partial charge in [0.05, 0.1) is 4.88 Å². The molecular formula is C17H18N6OS. The molecule has 0 bridgehead atoms. The van der Waals surface area contributed by atoms with Crippen LogP contribution in [0.3, 0.4) is 0 Å². The number of hydrogen-bond acceptors (Lipinski definition) is 7. The Balaban J connectivity index is 1.42. The topological polar surface area (TPSA) is 91.8 Å². The maximum atomic E-state index is 11.9. The minimum atomic E-state index is -0.0529. The number of pyridine rings is 1. The lowest BCUT2D eigenvalue weighted by Crippen LogP contribution is -2.28. The number of aryl methyl sites for hydroxylation is 1. The zero-order valence-corrected chi connectivity index (χ0v) is 14.5. The SMILES string of the molecule is Cc1csc(C(=O)NCCNc2ccc(Nc3ccncc3)nn2)c1. The molecule has 0 saturated carbocycles. The molecule has 0 unspecified atom stereocenters. The van der Waals surface area contributed by atoms with Crippen LogP contribution in [0.1, 0.15) is 15.2 Å². The van der Waals surface area contributed by atoms with E-state index in [0.717, 1.165) is 16.1 Å². The third-order valence-corrected chi connectivity index (χ3v) is 4.34. The molecule has 0 atom stereocenters. The molecular weight excluding hydrogens is 336 g/mol. The molecule has 0 radical (unpaired) electrons. The molecule has 0 aliphatic rings. The van der Waals surface area contributed by atoms with Crippen LogP contribution in [-0.4, -0.2) is 34.2 Å². The van der Waals surface area contributed by atoms with E-state index < -0.39 is 0 Å². The van der Waals surface area contributed by atoms with Crippen LogP contribution >= 0.6 is 11.3 Å². The molecule has 7 nitrogen and oxygen atoms in total. The summed E-state index contributed by atoms with van der Waals surface area (Å²) < 4.78 is 0. The van der Waals surface area contributed by atoms with E-state index in [1.54, 1.807) is 12.4 Å². The first-order valence-electron chi connectivity index (χ1n) is 7.79. The third-order valence-electron chi connectivity index (χ3n) is 3.29. The molecule has 8 heteroatoms. The quantitative estimate of drug-likeness (QED) is 0.565. The van der Waals surface area contributed by atoms with Gasteiger partial charge in [-0.2, -0.15) is 0 Å². The lowest BCUT2D eigenvalue weighted by Gasteiger charge is -2.08. The van der Waals surface area contributed by atoms with Gasteiger partial charge in [0.1, 0.15) is 5.82 Å². The molecule has 0 aliphatic carbocycles. The first-order chi connectivity index (χ1) is 12.2. The van der Waals surface area contributed by atoms with Gasteiger partial charge in [-0.15, -0.1) is 21.5 Å². The van der Waals surface area contributed by atoms with Gasteiger partial charge < -0.3 is 16.0 Å². The van der Waals surface area contributed by atoms with E-state index in [0.29, 0.717) is 24.7 Å². The van der Waals surface area contributed by atoms with E-state index >= 15 is 0 Å². The smallest absolute Gasteiger partial charge is 0.261 e. The molecule has 3 aromatic rings. The van der Waals surface area contributed by atoms with E-state index in [-0.39, 0.29) is 5.91 Å². The number of hydrogen-bond donors (Lipinski definition) is 3. The summed E-state index contributed by atoms with van der Waals surface area (Å²) in [6.45, 7) is 3.05. The summed E-state index contributed by atoms with van der Waals surface area (Å²) >= 11 is 1.45. The summed E-state index contributed by atoms with van der Waals surface area (Å²) in [6.07, 6.45) is 3.41. The van der Waals surface area contributed by atoms with Crippen molar-refractivity contribution in [1.82, 2.24) is 20.5 Å². The average molecular weight is 354 g/mol. The fourth-order valence-electron chi connectivity index (χ4n) is 2.08. The number of nitrogens with zero attached hydrogens (tertiary/aromatic N) is 3. The van der Waals surface area contributed by atoms with E-state index in [1.165, 1.54) is 11.3 Å². The molecule has 3 heterocycles. The summed E-state index contributed by atoms with van der Waals surface area (Å²) in [5.41, 5.74) is 2.00. The monoisotopic (exact) mass is 354 g/mol. The largest absolute Gasteiger partial charge is 0.367 e. The number of carbonyl (C=O) groups is 1. The Kier molecular flexibility index (Phi) is 5.53. The van der Waals surface area contributed by atoms with Gasteiger partial charge in [0.2, 0.25) is 0 Å². The van der Waals surface area contributed by atoms with Crippen LogP contribution in [0.2, 0.25) is 0 Å². The zero-order chi connectivity index (χ0) is 17.5. The maximum Gasteiger partial charge on any atom is 0.261 e. The lowest BCUT2D eigenvalue weighted by molar-refractivity contribution is 0.0959. The third kappa shape index (κ3) is 4.98. The highest BCUT2D eigenvalue weighted by molar-refractivity contribution is 7.12. The number of aromatic nitrogens is 3. The minimum Gasteiger partial charge on any atom is -0.367 e. The lowest BCUT2D eigenvalue weighted by atomic mass is 10.3. The number of rotatable bonds is 7. The van der Waals surface area contributed by atoms with E-state index in [1.807, 2.05) is 42.6 Å². The summed E-state index contributed by atoms with van der Waals surface area (Å²) in [7, 11) is 0. The zero-order valence-electron chi connectivity index (χ0n) is 13.7. The molecule has 25 heavy (non-hydrogen) atoms. The van der Waals surface area contributed by atoms with Gasteiger partial charge in [0.15, 0.2) is 5.82 Å². The first kappa shape index (κ1) is 16.8. The molecule has 3 rings (SSSR count). The molecule has 3 aromatic heterocycles. The van der Waals surface area contributed by atoms with E-state index in [2.05, 4.69) is 31.1 Å². The highest BCUT2D eigenvalue weighted by Crippen LogP contribution is 2.14. The number of amides is 1. The highest BCUT2D eigenvalue weighted by Gasteiger charge is 2.06. The Hall–Kier alpha value is -3.00. The molecule has 0 saturated heterocycles. The Bertz CT molecular complexity index is 819. The van der Waals surface area contributed by atoms with Gasteiger partial charge in [-0.25, -0.2) is 0 Å².